The van der Waals surface area contributed by atoms with Crippen LogP contribution in [0.1, 0.15) is 12.0 Å². The van der Waals surface area contributed by atoms with Gasteiger partial charge in [-0.2, -0.15) is 5.10 Å². The molecule has 0 radical (unpaired) electrons. The molecule has 2 rings (SSSR count). The van der Waals surface area contributed by atoms with E-state index in [2.05, 4.69) is 20.7 Å². The van der Waals surface area contributed by atoms with E-state index in [-0.39, 0.29) is 6.03 Å². The molecule has 2 heterocycles. The van der Waals surface area contributed by atoms with Gasteiger partial charge in [-0.25, -0.2) is 9.78 Å². The SMILES string of the molecule is COCCCn1ccc(NC(=O)Nc2cc(Cl)ncc2C)n1. The highest BCUT2D eigenvalue weighted by Crippen LogP contribution is 2.17. The second kappa shape index (κ2) is 7.77. The van der Waals surface area contributed by atoms with Crippen molar-refractivity contribution < 1.29 is 9.53 Å². The maximum absolute atomic E-state index is 12.0. The quantitative estimate of drug-likeness (QED) is 0.632. The van der Waals surface area contributed by atoms with Crippen molar-refractivity contribution in [2.24, 2.45) is 0 Å². The predicted octanol–water partition coefficient (Wildman–Crippen LogP) is 2.92. The zero-order valence-electron chi connectivity index (χ0n) is 12.5. The van der Waals surface area contributed by atoms with Crippen LogP contribution in [0.3, 0.4) is 0 Å². The molecular formula is C14H18ClN5O2. The fraction of sp³-hybridized carbons (Fsp3) is 0.357. The van der Waals surface area contributed by atoms with Crippen molar-refractivity contribution in [3.63, 3.8) is 0 Å². The maximum Gasteiger partial charge on any atom is 0.324 e. The van der Waals surface area contributed by atoms with E-state index in [1.807, 2.05) is 6.92 Å². The fourth-order valence-corrected chi connectivity index (χ4v) is 1.98. The Morgan fingerprint density at radius 2 is 2.27 bits per heavy atom. The molecule has 118 valence electrons. The molecule has 0 aromatic carbocycles. The van der Waals surface area contributed by atoms with E-state index in [0.29, 0.717) is 23.3 Å². The minimum Gasteiger partial charge on any atom is -0.385 e. The number of rotatable bonds is 6. The standard InChI is InChI=1S/C14H18ClN5O2/c1-10-9-16-12(15)8-11(10)17-14(21)18-13-4-6-20(19-13)5-3-7-22-2/h4,6,8-9H,3,5,7H2,1-2H3,(H2,16,17,18,19,21). The molecule has 0 saturated carbocycles. The summed E-state index contributed by atoms with van der Waals surface area (Å²) in [6.45, 7) is 3.24. The van der Waals surface area contributed by atoms with Crippen LogP contribution in [0.25, 0.3) is 0 Å². The second-order valence-electron chi connectivity index (χ2n) is 4.71. The Bertz CT molecular complexity index is 644. The van der Waals surface area contributed by atoms with Crippen molar-refractivity contribution in [2.75, 3.05) is 24.4 Å². The highest BCUT2D eigenvalue weighted by Gasteiger charge is 2.08. The maximum atomic E-state index is 12.0. The van der Waals surface area contributed by atoms with Gasteiger partial charge in [-0.05, 0) is 25.0 Å². The highest BCUT2D eigenvalue weighted by molar-refractivity contribution is 6.29. The van der Waals surface area contributed by atoms with Gasteiger partial charge in [0, 0.05) is 44.4 Å². The third-order valence-electron chi connectivity index (χ3n) is 2.94. The monoisotopic (exact) mass is 323 g/mol. The van der Waals surface area contributed by atoms with Gasteiger partial charge in [-0.3, -0.25) is 10.00 Å². The molecular weight excluding hydrogens is 306 g/mol. The van der Waals surface area contributed by atoms with Gasteiger partial charge in [0.25, 0.3) is 0 Å². The number of carbonyl (C=O) groups excluding carboxylic acids is 1. The van der Waals surface area contributed by atoms with Crippen LogP contribution in [0.4, 0.5) is 16.3 Å². The molecule has 2 aromatic heterocycles. The molecule has 0 spiro atoms. The Morgan fingerprint density at radius 1 is 1.45 bits per heavy atom. The Balaban J connectivity index is 1.90. The van der Waals surface area contributed by atoms with E-state index in [4.69, 9.17) is 16.3 Å². The van der Waals surface area contributed by atoms with Crippen molar-refractivity contribution in [3.05, 3.63) is 35.2 Å². The lowest BCUT2D eigenvalue weighted by molar-refractivity contribution is 0.189. The number of hydrogen-bond acceptors (Lipinski definition) is 4. The molecule has 0 aliphatic rings. The summed E-state index contributed by atoms with van der Waals surface area (Å²) in [5.74, 6) is 0.479. The second-order valence-corrected chi connectivity index (χ2v) is 5.10. The first-order valence-electron chi connectivity index (χ1n) is 6.81. The van der Waals surface area contributed by atoms with Crippen LogP contribution >= 0.6 is 11.6 Å². The van der Waals surface area contributed by atoms with Crippen LogP contribution in [-0.2, 0) is 11.3 Å². The third-order valence-corrected chi connectivity index (χ3v) is 3.14. The minimum atomic E-state index is -0.382. The molecule has 0 fully saturated rings. The van der Waals surface area contributed by atoms with Crippen molar-refractivity contribution in [1.82, 2.24) is 14.8 Å². The fourth-order valence-electron chi connectivity index (χ4n) is 1.83. The van der Waals surface area contributed by atoms with Gasteiger partial charge < -0.3 is 10.1 Å². The van der Waals surface area contributed by atoms with Gasteiger partial charge in [0.2, 0.25) is 0 Å². The lowest BCUT2D eigenvalue weighted by Gasteiger charge is -2.08. The molecule has 0 unspecified atom stereocenters. The van der Waals surface area contributed by atoms with Gasteiger partial charge in [0.05, 0.1) is 0 Å². The Hall–Kier alpha value is -2.12. The first-order chi connectivity index (χ1) is 10.6. The number of aryl methyl sites for hydroxylation is 2. The van der Waals surface area contributed by atoms with E-state index >= 15 is 0 Å². The molecule has 0 saturated heterocycles. The number of aromatic nitrogens is 3. The molecule has 0 bridgehead atoms. The van der Waals surface area contributed by atoms with Crippen molar-refractivity contribution >= 4 is 29.1 Å². The zero-order valence-corrected chi connectivity index (χ0v) is 13.2. The van der Waals surface area contributed by atoms with Crippen LogP contribution in [-0.4, -0.2) is 34.5 Å². The normalized spacial score (nSPS) is 10.5. The minimum absolute atomic E-state index is 0.323. The lowest BCUT2D eigenvalue weighted by atomic mass is 10.2. The zero-order chi connectivity index (χ0) is 15.9. The number of anilines is 2. The summed E-state index contributed by atoms with van der Waals surface area (Å²) in [5, 5.41) is 9.97. The van der Waals surface area contributed by atoms with E-state index in [9.17, 15) is 4.79 Å². The number of methoxy groups -OCH3 is 1. The molecule has 2 N–H and O–H groups in total. The number of ether oxygens (including phenoxy) is 1. The molecule has 2 aromatic rings. The van der Waals surface area contributed by atoms with Crippen molar-refractivity contribution in [3.8, 4) is 0 Å². The average Bonchev–Trinajstić information content (AvgIpc) is 2.90. The molecule has 8 heteroatoms. The van der Waals surface area contributed by atoms with Crippen LogP contribution in [0, 0.1) is 6.92 Å². The molecule has 2 amide bonds. The number of urea groups is 1. The van der Waals surface area contributed by atoms with Gasteiger partial charge in [-0.15, -0.1) is 0 Å². The van der Waals surface area contributed by atoms with Gasteiger partial charge in [0.1, 0.15) is 5.15 Å². The van der Waals surface area contributed by atoms with Crippen LogP contribution in [0.15, 0.2) is 24.5 Å². The molecule has 22 heavy (non-hydrogen) atoms. The number of halogens is 1. The van der Waals surface area contributed by atoms with Gasteiger partial charge >= 0.3 is 6.03 Å². The van der Waals surface area contributed by atoms with Gasteiger partial charge in [0.15, 0.2) is 5.82 Å². The summed E-state index contributed by atoms with van der Waals surface area (Å²) in [4.78, 5) is 15.9. The first-order valence-corrected chi connectivity index (χ1v) is 7.19. The Kier molecular flexibility index (Phi) is 5.74. The number of pyridine rings is 1. The summed E-state index contributed by atoms with van der Waals surface area (Å²) in [6, 6.07) is 2.95. The topological polar surface area (TPSA) is 81.1 Å². The average molecular weight is 324 g/mol. The summed E-state index contributed by atoms with van der Waals surface area (Å²) in [7, 11) is 1.66. The Morgan fingerprint density at radius 3 is 3.05 bits per heavy atom. The molecule has 0 aliphatic carbocycles. The van der Waals surface area contributed by atoms with Crippen molar-refractivity contribution in [2.45, 2.75) is 19.9 Å². The largest absolute Gasteiger partial charge is 0.385 e. The summed E-state index contributed by atoms with van der Waals surface area (Å²) >= 11 is 5.82. The number of nitrogens with one attached hydrogen (secondary N) is 2. The van der Waals surface area contributed by atoms with Crippen LogP contribution < -0.4 is 10.6 Å². The number of amides is 2. The summed E-state index contributed by atoms with van der Waals surface area (Å²) in [5.41, 5.74) is 1.43. The molecule has 7 nitrogen and oxygen atoms in total. The van der Waals surface area contributed by atoms with Crippen LogP contribution in [0.2, 0.25) is 5.15 Å². The summed E-state index contributed by atoms with van der Waals surface area (Å²) < 4.78 is 6.74. The first kappa shape index (κ1) is 16.3. The smallest absolute Gasteiger partial charge is 0.324 e. The van der Waals surface area contributed by atoms with E-state index < -0.39 is 0 Å². The lowest BCUT2D eigenvalue weighted by Crippen LogP contribution is -2.20. The van der Waals surface area contributed by atoms with Crippen LogP contribution in [0.5, 0.6) is 0 Å². The van der Waals surface area contributed by atoms with Crippen molar-refractivity contribution in [1.29, 1.82) is 0 Å². The van der Waals surface area contributed by atoms with E-state index in [1.54, 1.807) is 36.3 Å². The van der Waals surface area contributed by atoms with E-state index in [1.165, 1.54) is 0 Å². The number of carbonyl (C=O) groups is 1. The predicted molar refractivity (Wildman–Crippen MR) is 85.3 cm³/mol. The highest BCUT2D eigenvalue weighted by atomic mass is 35.5. The molecule has 0 aliphatic heterocycles. The Labute approximate surface area is 133 Å². The summed E-state index contributed by atoms with van der Waals surface area (Å²) in [6.07, 6.45) is 4.26. The third kappa shape index (κ3) is 4.71. The van der Waals surface area contributed by atoms with Gasteiger partial charge in [-0.1, -0.05) is 11.6 Å². The molecule has 0 atom stereocenters. The van der Waals surface area contributed by atoms with E-state index in [0.717, 1.165) is 18.5 Å². The number of nitrogens with zero attached hydrogens (tertiary/aromatic N) is 3. The number of hydrogen-bond donors (Lipinski definition) is 2.